The van der Waals surface area contributed by atoms with Gasteiger partial charge in [-0.15, -0.1) is 0 Å². The van der Waals surface area contributed by atoms with Crippen LogP contribution in [0.1, 0.15) is 18.2 Å². The Balaban J connectivity index is 1.41. The number of benzene rings is 1. The van der Waals surface area contributed by atoms with Crippen molar-refractivity contribution in [1.82, 2.24) is 10.2 Å². The number of aryl methyl sites for hydroxylation is 1. The molecule has 2 heterocycles. The molecule has 1 aromatic heterocycles. The van der Waals surface area contributed by atoms with Gasteiger partial charge < -0.3 is 10.2 Å². The van der Waals surface area contributed by atoms with E-state index in [4.69, 9.17) is 0 Å². The number of thioether (sulfide) groups is 1. The van der Waals surface area contributed by atoms with Crippen molar-refractivity contribution in [2.45, 2.75) is 6.92 Å². The van der Waals surface area contributed by atoms with E-state index in [0.29, 0.717) is 6.54 Å². The van der Waals surface area contributed by atoms with Crippen molar-refractivity contribution in [1.29, 1.82) is 0 Å². The van der Waals surface area contributed by atoms with Gasteiger partial charge in [0.1, 0.15) is 7.05 Å². The number of hydrogen-bond donors (Lipinski definition) is 1. The number of aromatic nitrogens is 1. The predicted octanol–water partition coefficient (Wildman–Crippen LogP) is 2.20. The second kappa shape index (κ2) is 11.7. The SMILES string of the molecule is CC(=O)SCC(=O)NCCN1CCN(c2ccc(/C=C/c3cccc[n+]3C)cc2)CC1. The Morgan fingerprint density at radius 1 is 1.06 bits per heavy atom. The number of carbonyl (C=O) groups is 2. The Labute approximate surface area is 188 Å². The zero-order valence-corrected chi connectivity index (χ0v) is 19.1. The lowest BCUT2D eigenvalue weighted by Gasteiger charge is -2.36. The van der Waals surface area contributed by atoms with Gasteiger partial charge in [0.15, 0.2) is 11.3 Å². The molecule has 1 N–H and O–H groups in total. The summed E-state index contributed by atoms with van der Waals surface area (Å²) in [6, 6.07) is 14.9. The first kappa shape index (κ1) is 23.0. The van der Waals surface area contributed by atoms with E-state index in [-0.39, 0.29) is 16.8 Å². The predicted molar refractivity (Wildman–Crippen MR) is 128 cm³/mol. The highest BCUT2D eigenvalue weighted by atomic mass is 32.2. The van der Waals surface area contributed by atoms with Crippen LogP contribution in [0.25, 0.3) is 12.2 Å². The summed E-state index contributed by atoms with van der Waals surface area (Å²) in [6.07, 6.45) is 6.32. The van der Waals surface area contributed by atoms with Crippen LogP contribution in [-0.2, 0) is 16.6 Å². The Bertz CT molecular complexity index is 906. The van der Waals surface area contributed by atoms with Gasteiger partial charge in [-0.25, -0.2) is 4.57 Å². The quantitative estimate of drug-likeness (QED) is 0.639. The lowest BCUT2D eigenvalue weighted by atomic mass is 10.1. The topological polar surface area (TPSA) is 56.5 Å². The molecule has 1 saturated heterocycles. The summed E-state index contributed by atoms with van der Waals surface area (Å²) in [7, 11) is 2.05. The number of piperazine rings is 1. The van der Waals surface area contributed by atoms with Crippen LogP contribution in [0, 0.1) is 0 Å². The molecule has 0 radical (unpaired) electrons. The molecule has 1 aliphatic rings. The van der Waals surface area contributed by atoms with Gasteiger partial charge in [0, 0.05) is 70.1 Å². The molecule has 1 aliphatic heterocycles. The van der Waals surface area contributed by atoms with E-state index in [0.717, 1.165) is 50.2 Å². The van der Waals surface area contributed by atoms with E-state index in [1.165, 1.54) is 18.2 Å². The van der Waals surface area contributed by atoms with Gasteiger partial charge in [-0.2, -0.15) is 0 Å². The maximum Gasteiger partial charge on any atom is 0.230 e. The van der Waals surface area contributed by atoms with Crippen LogP contribution in [0.5, 0.6) is 0 Å². The molecule has 31 heavy (non-hydrogen) atoms. The van der Waals surface area contributed by atoms with Crippen LogP contribution >= 0.6 is 11.8 Å². The van der Waals surface area contributed by atoms with Crippen molar-refractivity contribution >= 4 is 40.6 Å². The van der Waals surface area contributed by atoms with Crippen molar-refractivity contribution < 1.29 is 14.2 Å². The number of anilines is 1. The van der Waals surface area contributed by atoms with Crippen LogP contribution < -0.4 is 14.8 Å². The average molecular weight is 440 g/mol. The molecule has 1 aromatic carbocycles. The molecule has 2 aromatic rings. The van der Waals surface area contributed by atoms with E-state index >= 15 is 0 Å². The lowest BCUT2D eigenvalue weighted by Crippen LogP contribution is -2.48. The lowest BCUT2D eigenvalue weighted by molar-refractivity contribution is -0.673. The van der Waals surface area contributed by atoms with Gasteiger partial charge >= 0.3 is 0 Å². The smallest absolute Gasteiger partial charge is 0.230 e. The fraction of sp³-hybridized carbons (Fsp3) is 0.375. The van der Waals surface area contributed by atoms with Gasteiger partial charge in [0.2, 0.25) is 11.6 Å². The van der Waals surface area contributed by atoms with Crippen molar-refractivity contribution in [3.05, 3.63) is 59.9 Å². The van der Waals surface area contributed by atoms with Crippen molar-refractivity contribution in [3.63, 3.8) is 0 Å². The normalized spacial score (nSPS) is 14.7. The summed E-state index contributed by atoms with van der Waals surface area (Å²) in [5.74, 6) is 0.131. The van der Waals surface area contributed by atoms with E-state index in [2.05, 4.69) is 62.2 Å². The first-order chi connectivity index (χ1) is 15.0. The number of hydrogen-bond acceptors (Lipinski definition) is 5. The maximum absolute atomic E-state index is 11.7. The van der Waals surface area contributed by atoms with Crippen LogP contribution in [0.3, 0.4) is 0 Å². The molecule has 164 valence electrons. The van der Waals surface area contributed by atoms with Crippen LogP contribution in [0.4, 0.5) is 5.69 Å². The van der Waals surface area contributed by atoms with Gasteiger partial charge in [0.05, 0.1) is 5.75 Å². The third-order valence-electron chi connectivity index (χ3n) is 5.33. The van der Waals surface area contributed by atoms with Gasteiger partial charge in [-0.1, -0.05) is 23.9 Å². The first-order valence-corrected chi connectivity index (χ1v) is 11.6. The second-order valence-corrected chi connectivity index (χ2v) is 8.77. The summed E-state index contributed by atoms with van der Waals surface area (Å²) in [4.78, 5) is 27.4. The van der Waals surface area contributed by atoms with Crippen LogP contribution in [0.2, 0.25) is 0 Å². The molecule has 1 amide bonds. The highest BCUT2D eigenvalue weighted by Gasteiger charge is 2.17. The van der Waals surface area contributed by atoms with Gasteiger partial charge in [-0.05, 0) is 29.8 Å². The largest absolute Gasteiger partial charge is 0.369 e. The minimum Gasteiger partial charge on any atom is -0.369 e. The number of nitrogens with zero attached hydrogens (tertiary/aromatic N) is 3. The minimum atomic E-state index is -0.0750. The molecule has 1 fully saturated rings. The van der Waals surface area contributed by atoms with Gasteiger partial charge in [0.25, 0.3) is 0 Å². The molecule has 0 unspecified atom stereocenters. The molecule has 3 rings (SSSR count). The van der Waals surface area contributed by atoms with Gasteiger partial charge in [-0.3, -0.25) is 14.5 Å². The summed E-state index contributed by atoms with van der Waals surface area (Å²) >= 11 is 1.05. The summed E-state index contributed by atoms with van der Waals surface area (Å²) in [5, 5.41) is 2.86. The fourth-order valence-corrected chi connectivity index (χ4v) is 3.93. The fourth-order valence-electron chi connectivity index (χ4n) is 3.49. The molecule has 0 spiro atoms. The van der Waals surface area contributed by atoms with E-state index < -0.39 is 0 Å². The standard InChI is InChI=1S/C24H30N4O2S/c1-20(29)31-19-24(30)25-12-14-27-15-17-28(18-16-27)23-10-7-21(8-11-23)6-9-22-5-3-4-13-26(22)2/h3-11,13H,12,14-19H2,1-2H3/p+1. The Morgan fingerprint density at radius 3 is 2.48 bits per heavy atom. The third kappa shape index (κ3) is 7.52. The number of carbonyl (C=O) groups excluding carboxylic acids is 2. The molecule has 0 saturated carbocycles. The first-order valence-electron chi connectivity index (χ1n) is 10.6. The maximum atomic E-state index is 11.7. The molecule has 0 bridgehead atoms. The second-order valence-electron chi connectivity index (χ2n) is 7.62. The zero-order valence-electron chi connectivity index (χ0n) is 18.3. The highest BCUT2D eigenvalue weighted by molar-refractivity contribution is 8.14. The van der Waals surface area contributed by atoms with Crippen LogP contribution in [0.15, 0.2) is 48.7 Å². The van der Waals surface area contributed by atoms with Crippen molar-refractivity contribution in [2.24, 2.45) is 7.05 Å². The third-order valence-corrected chi connectivity index (χ3v) is 6.14. The summed E-state index contributed by atoms with van der Waals surface area (Å²) < 4.78 is 2.10. The van der Waals surface area contributed by atoms with Crippen LogP contribution in [-0.4, -0.2) is 60.9 Å². The molecule has 7 heteroatoms. The van der Waals surface area contributed by atoms with E-state index in [9.17, 15) is 9.59 Å². The highest BCUT2D eigenvalue weighted by Crippen LogP contribution is 2.18. The molecule has 0 atom stereocenters. The molecule has 6 nitrogen and oxygen atoms in total. The molecular weight excluding hydrogens is 408 g/mol. The number of nitrogens with one attached hydrogen (secondary N) is 1. The molecular formula is C24H31N4O2S+. The number of rotatable bonds is 8. The summed E-state index contributed by atoms with van der Waals surface area (Å²) in [5.41, 5.74) is 3.60. The minimum absolute atomic E-state index is 0.0272. The van der Waals surface area contributed by atoms with E-state index in [1.807, 2.05) is 25.4 Å². The number of amides is 1. The van der Waals surface area contributed by atoms with Crippen molar-refractivity contribution in [2.75, 3.05) is 49.9 Å². The average Bonchev–Trinajstić information content (AvgIpc) is 2.78. The van der Waals surface area contributed by atoms with Crippen molar-refractivity contribution in [3.8, 4) is 0 Å². The summed E-state index contributed by atoms with van der Waals surface area (Å²) in [6.45, 7) is 6.84. The van der Waals surface area contributed by atoms with E-state index in [1.54, 1.807) is 0 Å². The molecule has 0 aliphatic carbocycles. The Morgan fingerprint density at radius 2 is 1.81 bits per heavy atom. The monoisotopic (exact) mass is 439 g/mol. The zero-order chi connectivity index (χ0) is 22.1. The number of pyridine rings is 1. The Kier molecular flexibility index (Phi) is 8.67. The Hall–Kier alpha value is -2.64.